The first-order chi connectivity index (χ1) is 8.49. The number of carbonyl (C=O) groups excluding carboxylic acids is 1. The molecule has 0 aliphatic heterocycles. The van der Waals surface area contributed by atoms with Gasteiger partial charge in [-0.1, -0.05) is 44.2 Å². The summed E-state index contributed by atoms with van der Waals surface area (Å²) in [7, 11) is 2.10. The van der Waals surface area contributed by atoms with Crippen LogP contribution in [-0.4, -0.2) is 24.3 Å². The highest BCUT2D eigenvalue weighted by atomic mass is 16.1. The third-order valence-electron chi connectivity index (χ3n) is 3.98. The predicted octanol–water partition coefficient (Wildman–Crippen LogP) is 3.12. The molecule has 0 radical (unpaired) electrons. The first-order valence-corrected chi connectivity index (χ1v) is 6.76. The van der Waals surface area contributed by atoms with Crippen molar-refractivity contribution in [2.24, 2.45) is 11.3 Å². The van der Waals surface area contributed by atoms with Crippen molar-refractivity contribution in [2.75, 3.05) is 13.6 Å². The Morgan fingerprint density at radius 3 is 2.50 bits per heavy atom. The second kappa shape index (κ2) is 5.23. The third kappa shape index (κ3) is 2.99. The summed E-state index contributed by atoms with van der Waals surface area (Å²) in [5.74, 6) is 0.677. The van der Waals surface area contributed by atoms with Gasteiger partial charge in [0.15, 0.2) is 0 Å². The van der Waals surface area contributed by atoms with Gasteiger partial charge in [0.05, 0.1) is 0 Å². The molecule has 0 saturated heterocycles. The lowest BCUT2D eigenvalue weighted by molar-refractivity contribution is -0.127. The highest BCUT2D eigenvalue weighted by Gasteiger charge is 2.40. The molecule has 1 aliphatic rings. The second-order valence-corrected chi connectivity index (χ2v) is 6.17. The van der Waals surface area contributed by atoms with Gasteiger partial charge in [-0.15, -0.1) is 0 Å². The van der Waals surface area contributed by atoms with E-state index in [1.807, 2.05) is 6.07 Å². The van der Waals surface area contributed by atoms with Crippen molar-refractivity contribution in [3.63, 3.8) is 0 Å². The van der Waals surface area contributed by atoms with Gasteiger partial charge >= 0.3 is 0 Å². The molecule has 0 spiro atoms. The number of hydrogen-bond acceptors (Lipinski definition) is 2. The topological polar surface area (TPSA) is 20.3 Å². The van der Waals surface area contributed by atoms with Crippen LogP contribution in [-0.2, 0) is 11.3 Å². The van der Waals surface area contributed by atoms with E-state index in [1.54, 1.807) is 0 Å². The molecule has 98 valence electrons. The molecule has 0 heterocycles. The molecule has 1 saturated carbocycles. The molecule has 1 atom stereocenters. The van der Waals surface area contributed by atoms with E-state index in [0.29, 0.717) is 5.78 Å². The molecule has 0 aromatic heterocycles. The predicted molar refractivity (Wildman–Crippen MR) is 74.3 cm³/mol. The summed E-state index contributed by atoms with van der Waals surface area (Å²) in [6.07, 6.45) is 2.08. The van der Waals surface area contributed by atoms with Gasteiger partial charge in [0.25, 0.3) is 0 Å². The number of carbonyl (C=O) groups is 1. The van der Waals surface area contributed by atoms with Crippen LogP contribution >= 0.6 is 0 Å². The summed E-state index contributed by atoms with van der Waals surface area (Å²) in [6.45, 7) is 5.96. The van der Waals surface area contributed by atoms with Gasteiger partial charge in [-0.3, -0.25) is 4.79 Å². The van der Waals surface area contributed by atoms with Crippen LogP contribution in [0.15, 0.2) is 30.3 Å². The number of ketones is 1. The molecule has 0 amide bonds. The molecule has 2 heteroatoms. The van der Waals surface area contributed by atoms with Gasteiger partial charge in [0.1, 0.15) is 5.78 Å². The fourth-order valence-corrected chi connectivity index (χ4v) is 2.85. The van der Waals surface area contributed by atoms with E-state index in [2.05, 4.69) is 50.1 Å². The molecule has 1 aromatic carbocycles. The van der Waals surface area contributed by atoms with Gasteiger partial charge in [0, 0.05) is 24.4 Å². The van der Waals surface area contributed by atoms with E-state index in [1.165, 1.54) is 5.56 Å². The van der Waals surface area contributed by atoms with Gasteiger partial charge in [-0.05, 0) is 25.5 Å². The first kappa shape index (κ1) is 13.3. The summed E-state index contributed by atoms with van der Waals surface area (Å²) in [5, 5.41) is 0. The van der Waals surface area contributed by atoms with Crippen molar-refractivity contribution >= 4 is 5.78 Å². The second-order valence-electron chi connectivity index (χ2n) is 6.17. The van der Waals surface area contributed by atoms with Crippen LogP contribution in [0.4, 0.5) is 0 Å². The van der Waals surface area contributed by atoms with Crippen molar-refractivity contribution in [3.05, 3.63) is 35.9 Å². The molecule has 1 unspecified atom stereocenters. The van der Waals surface area contributed by atoms with E-state index in [4.69, 9.17) is 0 Å². The number of rotatable bonds is 4. The number of hydrogen-bond donors (Lipinski definition) is 0. The minimum absolute atomic E-state index is 0.0990. The van der Waals surface area contributed by atoms with Crippen LogP contribution in [0, 0.1) is 11.3 Å². The van der Waals surface area contributed by atoms with Crippen LogP contribution in [0.3, 0.4) is 0 Å². The maximum Gasteiger partial charge on any atom is 0.142 e. The van der Waals surface area contributed by atoms with Crippen LogP contribution in [0.5, 0.6) is 0 Å². The van der Waals surface area contributed by atoms with Crippen molar-refractivity contribution in [1.82, 2.24) is 4.90 Å². The zero-order valence-electron chi connectivity index (χ0n) is 11.6. The van der Waals surface area contributed by atoms with E-state index in [-0.39, 0.29) is 11.3 Å². The lowest BCUT2D eigenvalue weighted by Gasteiger charge is -2.21. The highest BCUT2D eigenvalue weighted by Crippen LogP contribution is 2.37. The quantitative estimate of drug-likeness (QED) is 0.812. The van der Waals surface area contributed by atoms with Crippen LogP contribution in [0.1, 0.15) is 32.3 Å². The molecule has 18 heavy (non-hydrogen) atoms. The summed E-state index contributed by atoms with van der Waals surface area (Å²) in [5.41, 5.74) is 1.21. The zero-order valence-corrected chi connectivity index (χ0v) is 11.6. The molecule has 2 nitrogen and oxygen atoms in total. The average Bonchev–Trinajstić information content (AvgIpc) is 2.57. The molecular formula is C16H23NO. The lowest BCUT2D eigenvalue weighted by atomic mass is 9.89. The van der Waals surface area contributed by atoms with Crippen molar-refractivity contribution < 1.29 is 4.79 Å². The number of Topliss-reactive ketones (excluding diaryl/α,β-unsaturated/α-hetero) is 1. The Morgan fingerprint density at radius 2 is 1.94 bits per heavy atom. The molecule has 1 aliphatic carbocycles. The Labute approximate surface area is 110 Å². The minimum atomic E-state index is -0.0990. The van der Waals surface area contributed by atoms with Crippen LogP contribution < -0.4 is 0 Å². The molecular weight excluding hydrogens is 222 g/mol. The maximum absolute atomic E-state index is 12.2. The van der Waals surface area contributed by atoms with Gasteiger partial charge in [0.2, 0.25) is 0 Å². The largest absolute Gasteiger partial charge is 0.301 e. The van der Waals surface area contributed by atoms with Gasteiger partial charge < -0.3 is 4.90 Å². The highest BCUT2D eigenvalue weighted by molar-refractivity contribution is 5.88. The zero-order chi connectivity index (χ0) is 13.2. The van der Waals surface area contributed by atoms with Crippen molar-refractivity contribution in [3.8, 4) is 0 Å². The fourth-order valence-electron chi connectivity index (χ4n) is 2.85. The number of benzene rings is 1. The average molecular weight is 245 g/mol. The van der Waals surface area contributed by atoms with E-state index in [9.17, 15) is 4.79 Å². The summed E-state index contributed by atoms with van der Waals surface area (Å²) >= 11 is 0. The molecule has 1 fully saturated rings. The SMILES string of the molecule is CN(Cc1ccccc1)CC1CCC(C)(C)C1=O. The Bertz CT molecular complexity index is 410. The Morgan fingerprint density at radius 1 is 1.28 bits per heavy atom. The molecule has 0 N–H and O–H groups in total. The van der Waals surface area contributed by atoms with Crippen molar-refractivity contribution in [2.45, 2.75) is 33.2 Å². The Hall–Kier alpha value is -1.15. The Balaban J connectivity index is 1.89. The number of nitrogens with zero attached hydrogens (tertiary/aromatic N) is 1. The smallest absolute Gasteiger partial charge is 0.142 e. The van der Waals surface area contributed by atoms with E-state index < -0.39 is 0 Å². The Kier molecular flexibility index (Phi) is 3.86. The van der Waals surface area contributed by atoms with E-state index >= 15 is 0 Å². The summed E-state index contributed by atoms with van der Waals surface area (Å²) in [6, 6.07) is 10.4. The van der Waals surface area contributed by atoms with Gasteiger partial charge in [-0.25, -0.2) is 0 Å². The maximum atomic E-state index is 12.2. The monoisotopic (exact) mass is 245 g/mol. The molecule has 0 bridgehead atoms. The lowest BCUT2D eigenvalue weighted by Crippen LogP contribution is -2.31. The van der Waals surface area contributed by atoms with Crippen LogP contribution in [0.25, 0.3) is 0 Å². The summed E-state index contributed by atoms with van der Waals surface area (Å²) in [4.78, 5) is 14.5. The first-order valence-electron chi connectivity index (χ1n) is 6.76. The normalized spacial score (nSPS) is 22.7. The van der Waals surface area contributed by atoms with Gasteiger partial charge in [-0.2, -0.15) is 0 Å². The summed E-state index contributed by atoms with van der Waals surface area (Å²) < 4.78 is 0. The standard InChI is InChI=1S/C16H23NO/c1-16(2)10-9-14(15(16)18)12-17(3)11-13-7-5-4-6-8-13/h4-8,14H,9-12H2,1-3H3. The third-order valence-corrected chi connectivity index (χ3v) is 3.98. The van der Waals surface area contributed by atoms with Crippen LogP contribution in [0.2, 0.25) is 0 Å². The fraction of sp³-hybridized carbons (Fsp3) is 0.562. The molecule has 2 rings (SSSR count). The molecule has 1 aromatic rings. The van der Waals surface area contributed by atoms with Crippen molar-refractivity contribution in [1.29, 1.82) is 0 Å². The van der Waals surface area contributed by atoms with E-state index in [0.717, 1.165) is 25.9 Å². The minimum Gasteiger partial charge on any atom is -0.301 e.